The van der Waals surface area contributed by atoms with Crippen molar-refractivity contribution in [2.24, 2.45) is 0 Å². The van der Waals surface area contributed by atoms with Crippen LogP contribution in [-0.4, -0.2) is 44.6 Å². The molecule has 8 nitrogen and oxygen atoms in total. The summed E-state index contributed by atoms with van der Waals surface area (Å²) < 4.78 is 21.7. The molecule has 0 radical (unpaired) electrons. The molecule has 0 aliphatic rings. The average Bonchev–Trinajstić information content (AvgIpc) is 2.58. The molecule has 0 saturated heterocycles. The van der Waals surface area contributed by atoms with Gasteiger partial charge in [0.1, 0.15) is 11.8 Å². The third-order valence-corrected chi connectivity index (χ3v) is 3.31. The summed E-state index contributed by atoms with van der Waals surface area (Å²) in [5, 5.41) is 5.08. The van der Waals surface area contributed by atoms with E-state index in [-0.39, 0.29) is 18.9 Å². The van der Waals surface area contributed by atoms with Crippen LogP contribution in [0.5, 0.6) is 11.5 Å². The highest BCUT2D eigenvalue weighted by Crippen LogP contribution is 2.28. The van der Waals surface area contributed by atoms with Crippen LogP contribution in [0.4, 0.5) is 4.79 Å². The predicted molar refractivity (Wildman–Crippen MR) is 101 cm³/mol. The van der Waals surface area contributed by atoms with Crippen LogP contribution >= 0.6 is 0 Å². The number of hydrogen-bond acceptors (Lipinski definition) is 6. The summed E-state index contributed by atoms with van der Waals surface area (Å²) in [6.45, 7) is 7.82. The fourth-order valence-corrected chi connectivity index (χ4v) is 2.14. The summed E-state index contributed by atoms with van der Waals surface area (Å²) in [5.41, 5.74) is 0.163. The quantitative estimate of drug-likeness (QED) is 0.638. The van der Waals surface area contributed by atoms with Crippen molar-refractivity contribution in [1.29, 1.82) is 0 Å². The van der Waals surface area contributed by atoms with Gasteiger partial charge in [-0.3, -0.25) is 10.1 Å². The third kappa shape index (κ3) is 8.63. The van der Waals surface area contributed by atoms with Gasteiger partial charge in [0, 0.05) is 7.05 Å². The van der Waals surface area contributed by atoms with Gasteiger partial charge in [0.25, 0.3) is 0 Å². The van der Waals surface area contributed by atoms with E-state index in [2.05, 4.69) is 10.6 Å². The first-order chi connectivity index (χ1) is 12.7. The number of rotatable bonds is 9. The Morgan fingerprint density at radius 2 is 1.89 bits per heavy atom. The third-order valence-electron chi connectivity index (χ3n) is 3.31. The molecule has 1 rings (SSSR count). The standard InChI is InChI=1S/C19H30N2O6/c1-7-25-15-10-13(8-9-14(15)24-6)12-26-17(11-16(22)20-5)21-18(23)27-19(2,3)4/h8-10,17H,7,11-12H2,1-6H3,(H,20,22)(H,21,23). The van der Waals surface area contributed by atoms with Crippen LogP contribution in [0.15, 0.2) is 18.2 Å². The van der Waals surface area contributed by atoms with E-state index in [1.165, 1.54) is 7.05 Å². The molecule has 0 fully saturated rings. The number of carbonyl (C=O) groups is 2. The SMILES string of the molecule is CCOc1cc(COC(CC(=O)NC)NC(=O)OC(C)(C)C)ccc1OC. The second kappa shape index (κ2) is 10.6. The summed E-state index contributed by atoms with van der Waals surface area (Å²) in [4.78, 5) is 23.7. The van der Waals surface area contributed by atoms with Crippen LogP contribution < -0.4 is 20.1 Å². The van der Waals surface area contributed by atoms with Gasteiger partial charge in [-0.05, 0) is 45.4 Å². The minimum absolute atomic E-state index is 0.0375. The van der Waals surface area contributed by atoms with E-state index >= 15 is 0 Å². The lowest BCUT2D eigenvalue weighted by molar-refractivity contribution is -0.124. The molecule has 1 aromatic carbocycles. The second-order valence-electron chi connectivity index (χ2n) is 6.74. The molecule has 0 saturated carbocycles. The molecule has 8 heteroatoms. The molecule has 1 atom stereocenters. The molecule has 0 heterocycles. The zero-order chi connectivity index (χ0) is 20.4. The minimum atomic E-state index is -0.836. The Bertz CT molecular complexity index is 627. The maximum Gasteiger partial charge on any atom is 0.409 e. The summed E-state index contributed by atoms with van der Waals surface area (Å²) in [7, 11) is 3.09. The normalized spacial score (nSPS) is 12.1. The number of nitrogens with one attached hydrogen (secondary N) is 2. The monoisotopic (exact) mass is 382 g/mol. The van der Waals surface area contributed by atoms with E-state index < -0.39 is 17.9 Å². The largest absolute Gasteiger partial charge is 0.493 e. The second-order valence-corrected chi connectivity index (χ2v) is 6.74. The summed E-state index contributed by atoms with van der Waals surface area (Å²) >= 11 is 0. The van der Waals surface area contributed by atoms with Gasteiger partial charge in [0.15, 0.2) is 11.5 Å². The first-order valence-electron chi connectivity index (χ1n) is 8.80. The number of ether oxygens (including phenoxy) is 4. The number of methoxy groups -OCH3 is 1. The van der Waals surface area contributed by atoms with Gasteiger partial charge in [-0.25, -0.2) is 4.79 Å². The molecule has 27 heavy (non-hydrogen) atoms. The molecular weight excluding hydrogens is 352 g/mol. The van der Waals surface area contributed by atoms with E-state index in [0.717, 1.165) is 5.56 Å². The Morgan fingerprint density at radius 3 is 2.44 bits per heavy atom. The van der Waals surface area contributed by atoms with Crippen LogP contribution in [0.25, 0.3) is 0 Å². The smallest absolute Gasteiger partial charge is 0.409 e. The molecular formula is C19H30N2O6. The lowest BCUT2D eigenvalue weighted by Crippen LogP contribution is -2.42. The van der Waals surface area contributed by atoms with E-state index in [4.69, 9.17) is 18.9 Å². The maximum atomic E-state index is 12.0. The van der Waals surface area contributed by atoms with E-state index in [1.807, 2.05) is 13.0 Å². The zero-order valence-electron chi connectivity index (χ0n) is 16.9. The molecule has 1 unspecified atom stereocenters. The summed E-state index contributed by atoms with van der Waals surface area (Å²) in [6.07, 6.45) is -1.52. The highest BCUT2D eigenvalue weighted by Gasteiger charge is 2.21. The minimum Gasteiger partial charge on any atom is -0.493 e. The number of benzene rings is 1. The van der Waals surface area contributed by atoms with Gasteiger partial charge < -0.3 is 24.3 Å². The maximum absolute atomic E-state index is 12.0. The van der Waals surface area contributed by atoms with Gasteiger partial charge >= 0.3 is 6.09 Å². The van der Waals surface area contributed by atoms with Crippen LogP contribution in [0.3, 0.4) is 0 Å². The molecule has 152 valence electrons. The molecule has 0 spiro atoms. The first kappa shape index (κ1) is 22.6. The highest BCUT2D eigenvalue weighted by atomic mass is 16.6. The topological polar surface area (TPSA) is 95.1 Å². The molecule has 2 amide bonds. The molecule has 2 N–H and O–H groups in total. The zero-order valence-corrected chi connectivity index (χ0v) is 16.9. The Morgan fingerprint density at radius 1 is 1.19 bits per heavy atom. The lowest BCUT2D eigenvalue weighted by Gasteiger charge is -2.23. The number of carbonyl (C=O) groups excluding carboxylic acids is 2. The number of hydrogen-bond donors (Lipinski definition) is 2. The Balaban J connectivity index is 2.79. The van der Waals surface area contributed by atoms with Gasteiger partial charge in [-0.2, -0.15) is 0 Å². The Kier molecular flexibility index (Phi) is 8.87. The van der Waals surface area contributed by atoms with E-state index in [0.29, 0.717) is 18.1 Å². The molecule has 0 aromatic heterocycles. The molecule has 0 bridgehead atoms. The van der Waals surface area contributed by atoms with Crippen molar-refractivity contribution in [2.45, 2.75) is 52.6 Å². The van der Waals surface area contributed by atoms with Gasteiger partial charge in [0.2, 0.25) is 5.91 Å². The van der Waals surface area contributed by atoms with Crippen molar-refractivity contribution in [3.05, 3.63) is 23.8 Å². The van der Waals surface area contributed by atoms with Crippen LogP contribution in [0.1, 0.15) is 39.7 Å². The molecule has 0 aliphatic heterocycles. The van der Waals surface area contributed by atoms with Crippen molar-refractivity contribution in [3.63, 3.8) is 0 Å². The fourth-order valence-electron chi connectivity index (χ4n) is 2.14. The Labute approximate surface area is 160 Å². The average molecular weight is 382 g/mol. The highest BCUT2D eigenvalue weighted by molar-refractivity contribution is 5.77. The van der Waals surface area contributed by atoms with Crippen LogP contribution in [0, 0.1) is 0 Å². The molecule has 0 aliphatic carbocycles. The van der Waals surface area contributed by atoms with Crippen molar-refractivity contribution < 1.29 is 28.5 Å². The van der Waals surface area contributed by atoms with Crippen molar-refractivity contribution in [1.82, 2.24) is 10.6 Å². The van der Waals surface area contributed by atoms with E-state index in [1.54, 1.807) is 40.0 Å². The van der Waals surface area contributed by atoms with Gasteiger partial charge in [-0.1, -0.05) is 6.07 Å². The summed E-state index contributed by atoms with van der Waals surface area (Å²) in [6, 6.07) is 5.40. The Hall–Kier alpha value is -2.48. The van der Waals surface area contributed by atoms with Crippen molar-refractivity contribution in [3.8, 4) is 11.5 Å². The number of alkyl carbamates (subject to hydrolysis) is 1. The van der Waals surface area contributed by atoms with Gasteiger partial charge in [0.05, 0.1) is 26.7 Å². The fraction of sp³-hybridized carbons (Fsp3) is 0.579. The summed E-state index contributed by atoms with van der Waals surface area (Å²) in [5.74, 6) is 0.958. The van der Waals surface area contributed by atoms with Crippen LogP contribution in [-0.2, 0) is 20.9 Å². The van der Waals surface area contributed by atoms with E-state index in [9.17, 15) is 9.59 Å². The predicted octanol–water partition coefficient (Wildman–Crippen LogP) is 2.60. The first-order valence-corrected chi connectivity index (χ1v) is 8.80. The van der Waals surface area contributed by atoms with Crippen LogP contribution in [0.2, 0.25) is 0 Å². The molecule has 1 aromatic rings. The van der Waals surface area contributed by atoms with Crippen molar-refractivity contribution >= 4 is 12.0 Å². The van der Waals surface area contributed by atoms with Gasteiger partial charge in [-0.15, -0.1) is 0 Å². The number of amides is 2. The lowest BCUT2D eigenvalue weighted by atomic mass is 10.2. The van der Waals surface area contributed by atoms with Crippen molar-refractivity contribution in [2.75, 3.05) is 20.8 Å².